The van der Waals surface area contributed by atoms with Crippen LogP contribution in [0.5, 0.6) is 5.75 Å². The van der Waals surface area contributed by atoms with Crippen LogP contribution in [-0.2, 0) is 9.59 Å². The molecule has 0 spiro atoms. The SMILES string of the molecule is COc1cccc(-c2ccc(SCC(=O)Nc3cccc(NC(C)=O)c3)nn2)c1. The minimum atomic E-state index is -0.173. The first kappa shape index (κ1) is 20.3. The van der Waals surface area contributed by atoms with Gasteiger partial charge in [0.25, 0.3) is 0 Å². The van der Waals surface area contributed by atoms with Gasteiger partial charge >= 0.3 is 0 Å². The number of nitrogens with one attached hydrogen (secondary N) is 2. The fourth-order valence-electron chi connectivity index (χ4n) is 2.55. The van der Waals surface area contributed by atoms with Crippen molar-refractivity contribution in [2.45, 2.75) is 11.9 Å². The molecular weight excluding hydrogens is 388 g/mol. The van der Waals surface area contributed by atoms with E-state index in [1.54, 1.807) is 31.4 Å². The van der Waals surface area contributed by atoms with Crippen LogP contribution in [0.4, 0.5) is 11.4 Å². The van der Waals surface area contributed by atoms with E-state index in [1.165, 1.54) is 18.7 Å². The first-order chi connectivity index (χ1) is 14.0. The predicted molar refractivity (Wildman–Crippen MR) is 114 cm³/mol. The zero-order valence-corrected chi connectivity index (χ0v) is 16.8. The Bertz CT molecular complexity index is 1010. The van der Waals surface area contributed by atoms with Gasteiger partial charge in [-0.05, 0) is 42.5 Å². The molecule has 0 aliphatic rings. The molecule has 1 aromatic heterocycles. The lowest BCUT2D eigenvalue weighted by Crippen LogP contribution is -2.14. The normalized spacial score (nSPS) is 10.3. The molecule has 0 atom stereocenters. The number of hydrogen-bond donors (Lipinski definition) is 2. The molecule has 0 unspecified atom stereocenters. The third kappa shape index (κ3) is 6.05. The zero-order valence-electron chi connectivity index (χ0n) is 16.0. The van der Waals surface area contributed by atoms with E-state index >= 15 is 0 Å². The van der Waals surface area contributed by atoms with Gasteiger partial charge < -0.3 is 15.4 Å². The van der Waals surface area contributed by atoms with Gasteiger partial charge in [-0.25, -0.2) is 0 Å². The fourth-order valence-corrected chi connectivity index (χ4v) is 3.16. The number of aromatic nitrogens is 2. The summed E-state index contributed by atoms with van der Waals surface area (Å²) in [5.41, 5.74) is 2.88. The van der Waals surface area contributed by atoms with Crippen molar-refractivity contribution >= 4 is 35.0 Å². The Morgan fingerprint density at radius 3 is 2.41 bits per heavy atom. The number of carbonyl (C=O) groups is 2. The molecule has 2 N–H and O–H groups in total. The second-order valence-corrected chi connectivity index (χ2v) is 7.08. The maximum absolute atomic E-state index is 12.2. The Kier molecular flexibility index (Phi) is 6.80. The Hall–Kier alpha value is -3.39. The van der Waals surface area contributed by atoms with Crippen molar-refractivity contribution in [3.05, 3.63) is 60.7 Å². The molecule has 0 fully saturated rings. The number of methoxy groups -OCH3 is 1. The average molecular weight is 408 g/mol. The minimum Gasteiger partial charge on any atom is -0.497 e. The second kappa shape index (κ2) is 9.70. The molecule has 148 valence electrons. The largest absolute Gasteiger partial charge is 0.497 e. The highest BCUT2D eigenvalue weighted by Gasteiger charge is 2.07. The molecule has 3 rings (SSSR count). The quantitative estimate of drug-likeness (QED) is 0.577. The molecule has 0 bridgehead atoms. The summed E-state index contributed by atoms with van der Waals surface area (Å²) in [7, 11) is 1.62. The van der Waals surface area contributed by atoms with Gasteiger partial charge in [-0.2, -0.15) is 0 Å². The molecule has 7 nitrogen and oxygen atoms in total. The number of benzene rings is 2. The highest BCUT2D eigenvalue weighted by atomic mass is 32.2. The van der Waals surface area contributed by atoms with Crippen LogP contribution in [0, 0.1) is 0 Å². The average Bonchev–Trinajstić information content (AvgIpc) is 2.72. The van der Waals surface area contributed by atoms with Crippen LogP contribution >= 0.6 is 11.8 Å². The molecule has 0 radical (unpaired) electrons. The molecule has 2 aromatic carbocycles. The van der Waals surface area contributed by atoms with Gasteiger partial charge in [-0.15, -0.1) is 10.2 Å². The van der Waals surface area contributed by atoms with Crippen molar-refractivity contribution in [2.75, 3.05) is 23.5 Å². The van der Waals surface area contributed by atoms with Crippen molar-refractivity contribution in [3.8, 4) is 17.0 Å². The molecule has 8 heteroatoms. The van der Waals surface area contributed by atoms with E-state index in [4.69, 9.17) is 4.74 Å². The van der Waals surface area contributed by atoms with Crippen molar-refractivity contribution in [1.82, 2.24) is 10.2 Å². The van der Waals surface area contributed by atoms with Gasteiger partial charge in [0, 0.05) is 23.9 Å². The van der Waals surface area contributed by atoms with Crippen LogP contribution in [0.15, 0.2) is 65.7 Å². The zero-order chi connectivity index (χ0) is 20.6. The van der Waals surface area contributed by atoms with Crippen LogP contribution in [0.1, 0.15) is 6.92 Å². The first-order valence-corrected chi connectivity index (χ1v) is 9.80. The summed E-state index contributed by atoms with van der Waals surface area (Å²) < 4.78 is 5.22. The highest BCUT2D eigenvalue weighted by molar-refractivity contribution is 7.99. The maximum Gasteiger partial charge on any atom is 0.234 e. The van der Waals surface area contributed by atoms with Crippen LogP contribution in [0.3, 0.4) is 0 Å². The molecule has 0 saturated carbocycles. The smallest absolute Gasteiger partial charge is 0.234 e. The molecule has 0 aliphatic carbocycles. The van der Waals surface area contributed by atoms with E-state index in [0.717, 1.165) is 17.0 Å². The predicted octanol–water partition coefficient (Wildman–Crippen LogP) is 3.84. The van der Waals surface area contributed by atoms with E-state index < -0.39 is 0 Å². The van der Waals surface area contributed by atoms with Crippen molar-refractivity contribution in [3.63, 3.8) is 0 Å². The Morgan fingerprint density at radius 1 is 0.966 bits per heavy atom. The summed E-state index contributed by atoms with van der Waals surface area (Å²) >= 11 is 1.29. The summed E-state index contributed by atoms with van der Waals surface area (Å²) in [6.07, 6.45) is 0. The van der Waals surface area contributed by atoms with Gasteiger partial charge in [0.15, 0.2) is 0 Å². The Balaban J connectivity index is 1.56. The lowest BCUT2D eigenvalue weighted by Gasteiger charge is -2.08. The van der Waals surface area contributed by atoms with Crippen molar-refractivity contribution in [2.24, 2.45) is 0 Å². The summed E-state index contributed by atoms with van der Waals surface area (Å²) in [6.45, 7) is 1.43. The van der Waals surface area contributed by atoms with Gasteiger partial charge in [-0.1, -0.05) is 30.0 Å². The van der Waals surface area contributed by atoms with E-state index in [-0.39, 0.29) is 17.6 Å². The molecule has 0 aliphatic heterocycles. The topological polar surface area (TPSA) is 93.2 Å². The van der Waals surface area contributed by atoms with Crippen LogP contribution in [0.2, 0.25) is 0 Å². The third-order valence-electron chi connectivity index (χ3n) is 3.82. The summed E-state index contributed by atoms with van der Waals surface area (Å²) in [5.74, 6) is 0.605. The number of carbonyl (C=O) groups excluding carboxylic acids is 2. The highest BCUT2D eigenvalue weighted by Crippen LogP contribution is 2.23. The van der Waals surface area contributed by atoms with Crippen molar-refractivity contribution in [1.29, 1.82) is 0 Å². The van der Waals surface area contributed by atoms with Crippen molar-refractivity contribution < 1.29 is 14.3 Å². The van der Waals surface area contributed by atoms with E-state index in [2.05, 4.69) is 20.8 Å². The lowest BCUT2D eigenvalue weighted by atomic mass is 10.1. The minimum absolute atomic E-state index is 0.167. The number of nitrogens with zero attached hydrogens (tertiary/aromatic N) is 2. The fraction of sp³-hybridized carbons (Fsp3) is 0.143. The maximum atomic E-state index is 12.2. The van der Waals surface area contributed by atoms with Gasteiger partial charge in [0.2, 0.25) is 11.8 Å². The van der Waals surface area contributed by atoms with E-state index in [9.17, 15) is 9.59 Å². The summed E-state index contributed by atoms with van der Waals surface area (Å²) in [6, 6.07) is 18.2. The number of anilines is 2. The van der Waals surface area contributed by atoms with E-state index in [0.29, 0.717) is 16.4 Å². The van der Waals surface area contributed by atoms with Gasteiger partial charge in [0.05, 0.1) is 18.6 Å². The number of rotatable bonds is 7. The molecule has 3 aromatic rings. The number of thioether (sulfide) groups is 1. The molecule has 2 amide bonds. The molecular formula is C21H20N4O3S. The Morgan fingerprint density at radius 2 is 1.72 bits per heavy atom. The third-order valence-corrected chi connectivity index (χ3v) is 4.74. The Labute approximate surface area is 172 Å². The van der Waals surface area contributed by atoms with Crippen LogP contribution < -0.4 is 15.4 Å². The lowest BCUT2D eigenvalue weighted by molar-refractivity contribution is -0.114. The van der Waals surface area contributed by atoms with Gasteiger partial charge in [-0.3, -0.25) is 9.59 Å². The molecule has 0 saturated heterocycles. The standard InChI is InChI=1S/C21H20N4O3S/c1-14(26)22-16-6-4-7-17(12-16)23-20(27)13-29-21-10-9-19(24-25-21)15-5-3-8-18(11-15)28-2/h3-12H,13H2,1-2H3,(H,22,26)(H,23,27). The summed E-state index contributed by atoms with van der Waals surface area (Å²) in [4.78, 5) is 23.3. The molecule has 1 heterocycles. The van der Waals surface area contributed by atoms with Gasteiger partial charge in [0.1, 0.15) is 10.8 Å². The number of amides is 2. The van der Waals surface area contributed by atoms with Crippen LogP contribution in [-0.4, -0.2) is 34.9 Å². The second-order valence-electron chi connectivity index (χ2n) is 6.09. The number of hydrogen-bond acceptors (Lipinski definition) is 6. The van der Waals surface area contributed by atoms with E-state index in [1.807, 2.05) is 36.4 Å². The summed E-state index contributed by atoms with van der Waals surface area (Å²) in [5, 5.41) is 14.5. The molecule has 29 heavy (non-hydrogen) atoms. The number of ether oxygens (including phenoxy) is 1. The van der Waals surface area contributed by atoms with Crippen LogP contribution in [0.25, 0.3) is 11.3 Å². The first-order valence-electron chi connectivity index (χ1n) is 8.82. The monoisotopic (exact) mass is 408 g/mol.